The number of aldehydes is 1. The molecule has 0 aliphatic rings. The van der Waals surface area contributed by atoms with Crippen LogP contribution in [0.25, 0.3) is 0 Å². The van der Waals surface area contributed by atoms with Crippen LogP contribution in [0.4, 0.5) is 0 Å². The normalized spacial score (nSPS) is 10.4. The number of aryl methyl sites for hydroxylation is 2. The van der Waals surface area contributed by atoms with Crippen molar-refractivity contribution >= 4 is 6.29 Å². The first-order valence-corrected chi connectivity index (χ1v) is 5.66. The van der Waals surface area contributed by atoms with Crippen LogP contribution >= 0.6 is 0 Å². The number of carbonyl (C=O) groups is 1. The zero-order chi connectivity index (χ0) is 11.4. The molecule has 0 fully saturated rings. The van der Waals surface area contributed by atoms with Crippen LogP contribution in [0.1, 0.15) is 52.4 Å². The minimum Gasteiger partial charge on any atom is -0.298 e. The van der Waals surface area contributed by atoms with Gasteiger partial charge in [-0.3, -0.25) is 4.79 Å². The largest absolute Gasteiger partial charge is 0.298 e. The molecule has 1 aromatic carbocycles. The SMILES string of the molecule is CCCCc1c(C)cc(C)c(C=O)c1C. The molecule has 0 saturated heterocycles. The first-order chi connectivity index (χ1) is 7.11. The standard InChI is InChI=1S/C14H20O/c1-5-6-7-13-10(2)8-11(3)14(9-15)12(13)4/h8-9H,5-7H2,1-4H3. The zero-order valence-corrected chi connectivity index (χ0v) is 10.2. The van der Waals surface area contributed by atoms with Gasteiger partial charge in [0.05, 0.1) is 0 Å². The maximum atomic E-state index is 11.0. The highest BCUT2D eigenvalue weighted by molar-refractivity contribution is 5.80. The fraction of sp³-hybridized carbons (Fsp3) is 0.500. The highest BCUT2D eigenvalue weighted by Crippen LogP contribution is 2.22. The molecule has 0 N–H and O–H groups in total. The minimum absolute atomic E-state index is 0.881. The summed E-state index contributed by atoms with van der Waals surface area (Å²) in [5.41, 5.74) is 5.84. The lowest BCUT2D eigenvalue weighted by molar-refractivity contribution is 0.112. The van der Waals surface area contributed by atoms with E-state index in [-0.39, 0.29) is 0 Å². The molecule has 0 heterocycles. The Hall–Kier alpha value is -1.11. The highest BCUT2D eigenvalue weighted by Gasteiger charge is 2.09. The summed E-state index contributed by atoms with van der Waals surface area (Å²) in [5, 5.41) is 0. The van der Waals surface area contributed by atoms with Crippen molar-refractivity contribution in [2.24, 2.45) is 0 Å². The first-order valence-electron chi connectivity index (χ1n) is 5.66. The summed E-state index contributed by atoms with van der Waals surface area (Å²) in [4.78, 5) is 11.0. The highest BCUT2D eigenvalue weighted by atomic mass is 16.1. The Morgan fingerprint density at radius 3 is 2.40 bits per heavy atom. The molecular formula is C14H20O. The predicted octanol–water partition coefficient (Wildman–Crippen LogP) is 3.77. The van der Waals surface area contributed by atoms with E-state index in [9.17, 15) is 4.79 Å². The van der Waals surface area contributed by atoms with E-state index in [1.54, 1.807) is 0 Å². The van der Waals surface area contributed by atoms with Gasteiger partial charge in [-0.15, -0.1) is 0 Å². The molecular weight excluding hydrogens is 184 g/mol. The Balaban J connectivity index is 3.19. The number of hydrogen-bond donors (Lipinski definition) is 0. The van der Waals surface area contributed by atoms with Gasteiger partial charge in [0.2, 0.25) is 0 Å². The van der Waals surface area contributed by atoms with Gasteiger partial charge in [-0.25, -0.2) is 0 Å². The van der Waals surface area contributed by atoms with E-state index in [1.165, 1.54) is 29.5 Å². The van der Waals surface area contributed by atoms with Crippen molar-refractivity contribution in [3.8, 4) is 0 Å². The van der Waals surface area contributed by atoms with Crippen LogP contribution in [-0.2, 0) is 6.42 Å². The summed E-state index contributed by atoms with van der Waals surface area (Å²) in [6.07, 6.45) is 4.47. The number of carbonyl (C=O) groups excluding carboxylic acids is 1. The van der Waals surface area contributed by atoms with Gasteiger partial charge in [-0.2, -0.15) is 0 Å². The molecule has 1 heteroatoms. The molecule has 0 atom stereocenters. The third-order valence-corrected chi connectivity index (χ3v) is 3.09. The molecule has 0 aliphatic heterocycles. The molecule has 0 amide bonds. The minimum atomic E-state index is 0.881. The maximum absolute atomic E-state index is 11.0. The third-order valence-electron chi connectivity index (χ3n) is 3.09. The lowest BCUT2D eigenvalue weighted by Crippen LogP contribution is -2.01. The van der Waals surface area contributed by atoms with Crippen molar-refractivity contribution < 1.29 is 4.79 Å². The quantitative estimate of drug-likeness (QED) is 0.682. The second-order valence-electron chi connectivity index (χ2n) is 4.25. The number of rotatable bonds is 4. The molecule has 0 aliphatic carbocycles. The van der Waals surface area contributed by atoms with Gasteiger partial charge in [0.1, 0.15) is 0 Å². The van der Waals surface area contributed by atoms with Crippen molar-refractivity contribution in [3.63, 3.8) is 0 Å². The van der Waals surface area contributed by atoms with Gasteiger partial charge in [0.25, 0.3) is 0 Å². The molecule has 82 valence electrons. The molecule has 1 nitrogen and oxygen atoms in total. The Morgan fingerprint density at radius 2 is 1.87 bits per heavy atom. The lowest BCUT2D eigenvalue weighted by atomic mass is 9.91. The fourth-order valence-electron chi connectivity index (χ4n) is 2.16. The van der Waals surface area contributed by atoms with Gasteiger partial charge in [0, 0.05) is 5.56 Å². The molecule has 1 aromatic rings. The Kier molecular flexibility index (Phi) is 4.07. The smallest absolute Gasteiger partial charge is 0.150 e. The molecule has 0 bridgehead atoms. The third kappa shape index (κ3) is 2.47. The van der Waals surface area contributed by atoms with Crippen molar-refractivity contribution in [3.05, 3.63) is 33.9 Å². The van der Waals surface area contributed by atoms with E-state index in [1.807, 2.05) is 6.92 Å². The number of benzene rings is 1. The molecule has 0 radical (unpaired) electrons. The van der Waals surface area contributed by atoms with Crippen LogP contribution in [0, 0.1) is 20.8 Å². The van der Waals surface area contributed by atoms with Crippen LogP contribution in [0.5, 0.6) is 0 Å². The first kappa shape index (κ1) is 12.0. The maximum Gasteiger partial charge on any atom is 0.150 e. The van der Waals surface area contributed by atoms with Crippen molar-refractivity contribution in [1.82, 2.24) is 0 Å². The van der Waals surface area contributed by atoms with Crippen LogP contribution < -0.4 is 0 Å². The lowest BCUT2D eigenvalue weighted by Gasteiger charge is -2.13. The van der Waals surface area contributed by atoms with Gasteiger partial charge in [-0.1, -0.05) is 19.4 Å². The summed E-state index contributed by atoms with van der Waals surface area (Å²) in [5.74, 6) is 0. The van der Waals surface area contributed by atoms with Gasteiger partial charge >= 0.3 is 0 Å². The van der Waals surface area contributed by atoms with E-state index in [0.717, 1.165) is 23.8 Å². The number of hydrogen-bond acceptors (Lipinski definition) is 1. The second-order valence-corrected chi connectivity index (χ2v) is 4.25. The van der Waals surface area contributed by atoms with Crippen LogP contribution in [0.2, 0.25) is 0 Å². The van der Waals surface area contributed by atoms with Gasteiger partial charge in [0.15, 0.2) is 6.29 Å². The van der Waals surface area contributed by atoms with E-state index < -0.39 is 0 Å². The van der Waals surface area contributed by atoms with Crippen molar-refractivity contribution in [2.75, 3.05) is 0 Å². The summed E-state index contributed by atoms with van der Waals surface area (Å²) >= 11 is 0. The van der Waals surface area contributed by atoms with Crippen LogP contribution in [0.15, 0.2) is 6.07 Å². The fourth-order valence-corrected chi connectivity index (χ4v) is 2.16. The van der Waals surface area contributed by atoms with Crippen molar-refractivity contribution in [1.29, 1.82) is 0 Å². The Bertz CT molecular complexity index is 364. The van der Waals surface area contributed by atoms with Gasteiger partial charge < -0.3 is 0 Å². The van der Waals surface area contributed by atoms with E-state index >= 15 is 0 Å². The summed E-state index contributed by atoms with van der Waals surface area (Å²) in [6.45, 7) is 8.40. The average molecular weight is 204 g/mol. The molecule has 0 saturated carbocycles. The predicted molar refractivity (Wildman–Crippen MR) is 64.7 cm³/mol. The molecule has 1 rings (SSSR count). The van der Waals surface area contributed by atoms with Crippen LogP contribution in [-0.4, -0.2) is 6.29 Å². The second kappa shape index (κ2) is 5.11. The average Bonchev–Trinajstić information content (AvgIpc) is 2.17. The van der Waals surface area contributed by atoms with E-state index in [0.29, 0.717) is 0 Å². The summed E-state index contributed by atoms with van der Waals surface area (Å²) < 4.78 is 0. The molecule has 0 spiro atoms. The monoisotopic (exact) mass is 204 g/mol. The van der Waals surface area contributed by atoms with Crippen LogP contribution in [0.3, 0.4) is 0 Å². The Labute approximate surface area is 92.5 Å². The number of unbranched alkanes of at least 4 members (excludes halogenated alkanes) is 1. The van der Waals surface area contributed by atoms with E-state index in [4.69, 9.17) is 0 Å². The Morgan fingerprint density at radius 1 is 1.20 bits per heavy atom. The summed E-state index contributed by atoms with van der Waals surface area (Å²) in [7, 11) is 0. The molecule has 15 heavy (non-hydrogen) atoms. The summed E-state index contributed by atoms with van der Waals surface area (Å²) in [6, 6.07) is 2.13. The molecule has 0 aromatic heterocycles. The van der Waals surface area contributed by atoms with Gasteiger partial charge in [-0.05, 0) is 55.9 Å². The zero-order valence-electron chi connectivity index (χ0n) is 10.2. The van der Waals surface area contributed by atoms with E-state index in [2.05, 4.69) is 26.8 Å². The van der Waals surface area contributed by atoms with Crippen molar-refractivity contribution in [2.45, 2.75) is 47.0 Å². The molecule has 0 unspecified atom stereocenters. The topological polar surface area (TPSA) is 17.1 Å².